The van der Waals surface area contributed by atoms with Crippen molar-refractivity contribution in [2.75, 3.05) is 26.2 Å². The van der Waals surface area contributed by atoms with E-state index in [2.05, 4.69) is 20.4 Å². The number of phenols is 1. The van der Waals surface area contributed by atoms with E-state index in [1.807, 2.05) is 6.92 Å². The van der Waals surface area contributed by atoms with Crippen molar-refractivity contribution < 1.29 is 23.0 Å². The third-order valence-electron chi connectivity index (χ3n) is 6.08. The van der Waals surface area contributed by atoms with Crippen LogP contribution >= 0.6 is 0 Å². The molecule has 0 radical (unpaired) electrons. The second-order valence-corrected chi connectivity index (χ2v) is 7.85. The number of alkyl halides is 3. The van der Waals surface area contributed by atoms with Crippen molar-refractivity contribution >= 4 is 5.65 Å². The zero-order valence-corrected chi connectivity index (χ0v) is 16.9. The highest BCUT2D eigenvalue weighted by Gasteiger charge is 2.38. The van der Waals surface area contributed by atoms with Crippen molar-refractivity contribution in [3.8, 4) is 22.8 Å². The number of phenolic OH excluding ortho intramolecular Hbond substituents is 1. The molecule has 1 saturated heterocycles. The van der Waals surface area contributed by atoms with Gasteiger partial charge in [0.2, 0.25) is 0 Å². The summed E-state index contributed by atoms with van der Waals surface area (Å²) in [5.74, 6) is 0.0958. The smallest absolute Gasteiger partial charge is 0.417 e. The lowest BCUT2D eigenvalue weighted by Gasteiger charge is -2.33. The summed E-state index contributed by atoms with van der Waals surface area (Å²) >= 11 is 0. The number of fused-ring (bicyclic) bond motifs is 4. The molecule has 0 bridgehead atoms. The molecule has 0 spiro atoms. The Morgan fingerprint density at radius 1 is 1.32 bits per heavy atom. The Bertz CT molecular complexity index is 1140. The number of benzene rings is 1. The number of hydrogen-bond donors (Lipinski definition) is 2. The van der Waals surface area contributed by atoms with Crippen LogP contribution in [0.4, 0.5) is 13.2 Å². The Morgan fingerprint density at radius 3 is 2.94 bits per heavy atom. The van der Waals surface area contributed by atoms with E-state index in [1.165, 1.54) is 18.5 Å². The third kappa shape index (κ3) is 3.21. The number of hydrogen-bond acceptors (Lipinski definition) is 6. The largest absolute Gasteiger partial charge is 0.507 e. The molecule has 0 amide bonds. The van der Waals surface area contributed by atoms with Gasteiger partial charge in [0.25, 0.3) is 0 Å². The Balaban J connectivity index is 1.81. The molecule has 2 aliphatic rings. The average Bonchev–Trinajstić information content (AvgIpc) is 3.14. The van der Waals surface area contributed by atoms with Crippen LogP contribution in [0, 0.1) is 0 Å². The summed E-state index contributed by atoms with van der Waals surface area (Å²) in [4.78, 5) is 2.30. The molecule has 1 aromatic carbocycles. The van der Waals surface area contributed by atoms with E-state index in [1.54, 1.807) is 4.40 Å². The summed E-state index contributed by atoms with van der Waals surface area (Å²) < 4.78 is 49.4. The number of ether oxygens (including phenoxy) is 1. The van der Waals surface area contributed by atoms with Crippen LogP contribution < -0.4 is 10.1 Å². The van der Waals surface area contributed by atoms with Gasteiger partial charge in [-0.15, -0.1) is 10.2 Å². The number of nitrogens with one attached hydrogen (secondary N) is 1. The molecule has 1 fully saturated rings. The number of piperazine rings is 1. The molecule has 7 nitrogen and oxygen atoms in total. The molecule has 5 rings (SSSR count). The summed E-state index contributed by atoms with van der Waals surface area (Å²) in [6.07, 6.45) is -2.82. The van der Waals surface area contributed by atoms with E-state index in [0.29, 0.717) is 36.5 Å². The highest BCUT2D eigenvalue weighted by Crippen LogP contribution is 2.46. The second-order valence-electron chi connectivity index (χ2n) is 7.85. The number of rotatable bonds is 2. The van der Waals surface area contributed by atoms with E-state index in [-0.39, 0.29) is 17.3 Å². The molecule has 4 heterocycles. The highest BCUT2D eigenvalue weighted by atomic mass is 19.4. The molecule has 2 N–H and O–H groups in total. The van der Waals surface area contributed by atoms with Crippen LogP contribution in [0.1, 0.15) is 23.6 Å². The fourth-order valence-electron chi connectivity index (χ4n) is 4.64. The number of aromatic nitrogens is 3. The predicted molar refractivity (Wildman–Crippen MR) is 107 cm³/mol. The standard InChI is InChI=1S/C21H22F3N5O2/c1-2-13-18(17-15(21(22,23)24)4-3-5-16(17)30)29-11-26-27-20(29)14-9-28-7-6-25-8-12(28)10-31-19(13)14/h3-5,11-12,25,30H,2,6-10H2,1H3/t12-/m1/s1. The summed E-state index contributed by atoms with van der Waals surface area (Å²) in [6, 6.07) is 3.59. The van der Waals surface area contributed by atoms with Crippen molar-refractivity contribution in [2.24, 2.45) is 0 Å². The maximum atomic E-state index is 13.9. The van der Waals surface area contributed by atoms with Crippen molar-refractivity contribution in [3.63, 3.8) is 0 Å². The number of halogens is 3. The van der Waals surface area contributed by atoms with Gasteiger partial charge in [-0.2, -0.15) is 13.2 Å². The monoisotopic (exact) mass is 433 g/mol. The van der Waals surface area contributed by atoms with Gasteiger partial charge in [-0.05, 0) is 18.6 Å². The normalized spacial score (nSPS) is 19.5. The van der Waals surface area contributed by atoms with Crippen LogP contribution in [0.5, 0.6) is 11.5 Å². The zero-order valence-electron chi connectivity index (χ0n) is 16.9. The lowest BCUT2D eigenvalue weighted by atomic mass is 9.95. The Morgan fingerprint density at radius 2 is 2.16 bits per heavy atom. The Kier molecular flexibility index (Phi) is 4.78. The third-order valence-corrected chi connectivity index (χ3v) is 6.08. The predicted octanol–water partition coefficient (Wildman–Crippen LogP) is 2.85. The molecular weight excluding hydrogens is 411 g/mol. The van der Waals surface area contributed by atoms with Gasteiger partial charge in [-0.25, -0.2) is 0 Å². The molecule has 2 aromatic heterocycles. The van der Waals surface area contributed by atoms with Crippen LogP contribution in [0.15, 0.2) is 24.5 Å². The van der Waals surface area contributed by atoms with E-state index >= 15 is 0 Å². The molecule has 31 heavy (non-hydrogen) atoms. The van der Waals surface area contributed by atoms with Crippen LogP contribution in [0.3, 0.4) is 0 Å². The minimum Gasteiger partial charge on any atom is -0.507 e. The molecule has 2 aliphatic heterocycles. The first kappa shape index (κ1) is 20.1. The maximum absolute atomic E-state index is 13.9. The van der Waals surface area contributed by atoms with Gasteiger partial charge in [-0.1, -0.05) is 13.0 Å². The Labute approximate surface area is 176 Å². The fourth-order valence-corrected chi connectivity index (χ4v) is 4.64. The molecule has 10 heteroatoms. The van der Waals surface area contributed by atoms with Crippen molar-refractivity contribution in [2.45, 2.75) is 32.1 Å². The minimum absolute atomic E-state index is 0.160. The molecule has 164 valence electrons. The van der Waals surface area contributed by atoms with E-state index < -0.39 is 17.5 Å². The fraction of sp³-hybridized carbons (Fsp3) is 0.429. The van der Waals surface area contributed by atoms with Gasteiger partial charge in [0.1, 0.15) is 24.4 Å². The quantitative estimate of drug-likeness (QED) is 0.648. The molecule has 0 unspecified atom stereocenters. The molecule has 0 aliphatic carbocycles. The topological polar surface area (TPSA) is 74.9 Å². The van der Waals surface area contributed by atoms with E-state index in [9.17, 15) is 18.3 Å². The van der Waals surface area contributed by atoms with Crippen molar-refractivity contribution in [1.82, 2.24) is 24.8 Å². The molecule has 1 atom stereocenters. The minimum atomic E-state index is -4.64. The summed E-state index contributed by atoms with van der Waals surface area (Å²) in [5.41, 5.74) is 0.870. The summed E-state index contributed by atoms with van der Waals surface area (Å²) in [6.45, 7) is 5.34. The van der Waals surface area contributed by atoms with Crippen LogP contribution in [0.25, 0.3) is 16.9 Å². The van der Waals surface area contributed by atoms with Gasteiger partial charge in [-0.3, -0.25) is 9.30 Å². The van der Waals surface area contributed by atoms with Crippen molar-refractivity contribution in [1.29, 1.82) is 0 Å². The lowest BCUT2D eigenvalue weighted by Crippen LogP contribution is -2.52. The van der Waals surface area contributed by atoms with Crippen LogP contribution in [0.2, 0.25) is 0 Å². The van der Waals surface area contributed by atoms with Gasteiger partial charge in [0.15, 0.2) is 5.65 Å². The first-order valence-electron chi connectivity index (χ1n) is 10.2. The van der Waals surface area contributed by atoms with Crippen molar-refractivity contribution in [3.05, 3.63) is 41.2 Å². The van der Waals surface area contributed by atoms with E-state index in [0.717, 1.165) is 31.3 Å². The first-order valence-corrected chi connectivity index (χ1v) is 10.2. The first-order chi connectivity index (χ1) is 14.9. The molecular formula is C21H22F3N5O2. The second kappa shape index (κ2) is 7.38. The highest BCUT2D eigenvalue weighted by molar-refractivity contribution is 5.80. The summed E-state index contributed by atoms with van der Waals surface area (Å²) in [5, 5.41) is 22.1. The molecule has 0 saturated carbocycles. The average molecular weight is 433 g/mol. The zero-order chi connectivity index (χ0) is 21.8. The van der Waals surface area contributed by atoms with Crippen LogP contribution in [-0.4, -0.2) is 56.9 Å². The van der Waals surface area contributed by atoms with Gasteiger partial charge < -0.3 is 15.2 Å². The van der Waals surface area contributed by atoms with Gasteiger partial charge in [0, 0.05) is 31.7 Å². The number of pyridine rings is 1. The number of aromatic hydroxyl groups is 1. The maximum Gasteiger partial charge on any atom is 0.417 e. The Hall–Kier alpha value is -2.85. The van der Waals surface area contributed by atoms with Gasteiger partial charge in [0.05, 0.1) is 28.4 Å². The summed E-state index contributed by atoms with van der Waals surface area (Å²) in [7, 11) is 0. The van der Waals surface area contributed by atoms with E-state index in [4.69, 9.17) is 4.74 Å². The van der Waals surface area contributed by atoms with Crippen LogP contribution in [-0.2, 0) is 19.1 Å². The lowest BCUT2D eigenvalue weighted by molar-refractivity contribution is -0.137. The SMILES string of the molecule is CCc1c2c(c3nncn3c1-c1c(O)cccc1C(F)(F)F)CN1CCNC[C@@H]1CO2. The van der Waals surface area contributed by atoms with Gasteiger partial charge >= 0.3 is 6.18 Å². The number of nitrogens with zero attached hydrogens (tertiary/aromatic N) is 4. The molecule has 3 aromatic rings.